The van der Waals surface area contributed by atoms with Crippen LogP contribution >= 0.6 is 0 Å². The van der Waals surface area contributed by atoms with Gasteiger partial charge in [0, 0.05) is 11.8 Å². The van der Waals surface area contributed by atoms with Gasteiger partial charge in [-0.25, -0.2) is 0 Å². The van der Waals surface area contributed by atoms with E-state index in [9.17, 15) is 4.79 Å². The number of pyridine rings is 1. The van der Waals surface area contributed by atoms with Crippen molar-refractivity contribution in [3.8, 4) is 11.8 Å². The highest BCUT2D eigenvalue weighted by Gasteiger charge is 1.92. The van der Waals surface area contributed by atoms with E-state index >= 15 is 0 Å². The maximum atomic E-state index is 10.4. The van der Waals surface area contributed by atoms with Crippen LogP contribution in [0.1, 0.15) is 17.7 Å². The second-order valence-electron chi connectivity index (χ2n) is 2.58. The molecule has 1 aromatic heterocycles. The zero-order valence-electron chi connectivity index (χ0n) is 7.37. The van der Waals surface area contributed by atoms with Gasteiger partial charge in [0.2, 0.25) is 5.91 Å². The Morgan fingerprint density at radius 3 is 3.08 bits per heavy atom. The number of hydrogen-bond donors (Lipinski definition) is 1. The van der Waals surface area contributed by atoms with Crippen LogP contribution in [0.3, 0.4) is 0 Å². The number of nitrogens with two attached hydrogens (primary N) is 1. The molecule has 0 aliphatic rings. The lowest BCUT2D eigenvalue weighted by molar-refractivity contribution is -0.117. The molecule has 0 bridgehead atoms. The number of amides is 1. The van der Waals surface area contributed by atoms with E-state index in [4.69, 9.17) is 5.73 Å². The Bertz CT molecular complexity index is 374. The van der Waals surface area contributed by atoms with Crippen LogP contribution in [-0.2, 0) is 4.79 Å². The summed E-state index contributed by atoms with van der Waals surface area (Å²) in [5.74, 6) is 5.10. The van der Waals surface area contributed by atoms with Crippen molar-refractivity contribution in [1.29, 1.82) is 0 Å². The molecule has 66 valence electrons. The third-order valence-electron chi connectivity index (χ3n) is 1.49. The van der Waals surface area contributed by atoms with E-state index in [0.717, 1.165) is 11.3 Å². The van der Waals surface area contributed by atoms with Crippen LogP contribution in [-0.4, -0.2) is 10.9 Å². The van der Waals surface area contributed by atoms with Gasteiger partial charge < -0.3 is 5.73 Å². The van der Waals surface area contributed by atoms with Gasteiger partial charge >= 0.3 is 0 Å². The Kier molecular flexibility index (Phi) is 3.04. The van der Waals surface area contributed by atoms with Crippen LogP contribution in [0.5, 0.6) is 0 Å². The molecule has 1 amide bonds. The van der Waals surface area contributed by atoms with Crippen molar-refractivity contribution >= 4 is 5.91 Å². The molecule has 2 N–H and O–H groups in total. The smallest absolute Gasteiger partial charge is 0.229 e. The van der Waals surface area contributed by atoms with Crippen molar-refractivity contribution in [2.45, 2.75) is 13.3 Å². The summed E-state index contributed by atoms with van der Waals surface area (Å²) < 4.78 is 0. The molecule has 1 rings (SSSR count). The lowest BCUT2D eigenvalue weighted by Crippen LogP contribution is -2.08. The van der Waals surface area contributed by atoms with Crippen molar-refractivity contribution in [3.63, 3.8) is 0 Å². The molecular formula is C10H10N2O. The standard InChI is InChI=1S/C10H10N2O/c1-8-9(5-3-7-12-8)4-2-6-10(11)13/h3,5,7H,6H2,1H3,(H2,11,13). The molecule has 1 aromatic rings. The molecule has 0 unspecified atom stereocenters. The number of nitrogens with zero attached hydrogens (tertiary/aromatic N) is 1. The lowest BCUT2D eigenvalue weighted by Gasteiger charge is -1.93. The van der Waals surface area contributed by atoms with Gasteiger partial charge in [0.25, 0.3) is 0 Å². The third kappa shape index (κ3) is 2.96. The van der Waals surface area contributed by atoms with Crippen LogP contribution < -0.4 is 5.73 Å². The van der Waals surface area contributed by atoms with E-state index in [-0.39, 0.29) is 6.42 Å². The average Bonchev–Trinajstić information content (AvgIpc) is 2.08. The van der Waals surface area contributed by atoms with Crippen molar-refractivity contribution in [2.75, 3.05) is 0 Å². The summed E-state index contributed by atoms with van der Waals surface area (Å²) in [5, 5.41) is 0. The molecule has 3 nitrogen and oxygen atoms in total. The monoisotopic (exact) mass is 174 g/mol. The van der Waals surface area contributed by atoms with Gasteiger partial charge in [0.15, 0.2) is 0 Å². The molecule has 0 saturated heterocycles. The molecule has 0 atom stereocenters. The maximum Gasteiger partial charge on any atom is 0.229 e. The van der Waals surface area contributed by atoms with Gasteiger partial charge in [-0.1, -0.05) is 11.8 Å². The summed E-state index contributed by atoms with van der Waals surface area (Å²) in [6.45, 7) is 1.87. The molecule has 0 radical (unpaired) electrons. The van der Waals surface area contributed by atoms with Gasteiger partial charge in [-0.3, -0.25) is 9.78 Å². The molecule has 0 saturated carbocycles. The number of aromatic nitrogens is 1. The van der Waals surface area contributed by atoms with Crippen LogP contribution in [0.2, 0.25) is 0 Å². The van der Waals surface area contributed by atoms with E-state index in [2.05, 4.69) is 16.8 Å². The number of carbonyl (C=O) groups is 1. The molecule has 0 fully saturated rings. The number of hydrogen-bond acceptors (Lipinski definition) is 2. The second kappa shape index (κ2) is 4.27. The minimum atomic E-state index is -0.408. The first-order valence-electron chi connectivity index (χ1n) is 3.89. The molecule has 13 heavy (non-hydrogen) atoms. The first kappa shape index (κ1) is 9.27. The summed E-state index contributed by atoms with van der Waals surface area (Å²) in [6.07, 6.45) is 1.79. The molecule has 0 aliphatic heterocycles. The highest BCUT2D eigenvalue weighted by molar-refractivity contribution is 5.76. The Hall–Kier alpha value is -1.82. The fourth-order valence-corrected chi connectivity index (χ4v) is 0.843. The Morgan fingerprint density at radius 2 is 2.46 bits per heavy atom. The van der Waals surface area contributed by atoms with E-state index < -0.39 is 5.91 Å². The summed E-state index contributed by atoms with van der Waals surface area (Å²) >= 11 is 0. The van der Waals surface area contributed by atoms with Crippen LogP contribution in [0.15, 0.2) is 18.3 Å². The zero-order chi connectivity index (χ0) is 9.68. The molecule has 0 aromatic carbocycles. The van der Waals surface area contributed by atoms with Crippen molar-refractivity contribution in [1.82, 2.24) is 4.98 Å². The van der Waals surface area contributed by atoms with Gasteiger partial charge in [0.1, 0.15) is 0 Å². The van der Waals surface area contributed by atoms with Gasteiger partial charge in [-0.2, -0.15) is 0 Å². The van der Waals surface area contributed by atoms with E-state index in [1.54, 1.807) is 12.3 Å². The van der Waals surface area contributed by atoms with Crippen molar-refractivity contribution in [3.05, 3.63) is 29.6 Å². The Morgan fingerprint density at radius 1 is 1.69 bits per heavy atom. The van der Waals surface area contributed by atoms with E-state index in [1.807, 2.05) is 13.0 Å². The number of carbonyl (C=O) groups excluding carboxylic acids is 1. The molecule has 0 aliphatic carbocycles. The largest absolute Gasteiger partial charge is 0.369 e. The molecule has 1 heterocycles. The van der Waals surface area contributed by atoms with Crippen LogP contribution in [0, 0.1) is 18.8 Å². The van der Waals surface area contributed by atoms with E-state index in [0.29, 0.717) is 0 Å². The summed E-state index contributed by atoms with van der Waals surface area (Å²) in [7, 11) is 0. The van der Waals surface area contributed by atoms with Crippen molar-refractivity contribution in [2.24, 2.45) is 5.73 Å². The summed E-state index contributed by atoms with van der Waals surface area (Å²) in [4.78, 5) is 14.4. The quantitative estimate of drug-likeness (QED) is 0.634. The second-order valence-corrected chi connectivity index (χ2v) is 2.58. The summed E-state index contributed by atoms with van der Waals surface area (Å²) in [6, 6.07) is 3.66. The topological polar surface area (TPSA) is 56.0 Å². The minimum Gasteiger partial charge on any atom is -0.369 e. The molecule has 3 heteroatoms. The highest BCUT2D eigenvalue weighted by Crippen LogP contribution is 2.00. The Balaban J connectivity index is 2.77. The lowest BCUT2D eigenvalue weighted by atomic mass is 10.2. The van der Waals surface area contributed by atoms with Gasteiger partial charge in [-0.05, 0) is 19.1 Å². The van der Waals surface area contributed by atoms with E-state index in [1.165, 1.54) is 0 Å². The zero-order valence-corrected chi connectivity index (χ0v) is 7.37. The van der Waals surface area contributed by atoms with Crippen molar-refractivity contribution < 1.29 is 4.79 Å². The minimum absolute atomic E-state index is 0.0916. The van der Waals surface area contributed by atoms with Crippen LogP contribution in [0.25, 0.3) is 0 Å². The van der Waals surface area contributed by atoms with Gasteiger partial charge in [0.05, 0.1) is 12.1 Å². The average molecular weight is 174 g/mol. The summed E-state index contributed by atoms with van der Waals surface area (Å²) in [5.41, 5.74) is 6.64. The fourth-order valence-electron chi connectivity index (χ4n) is 0.843. The normalized spacial score (nSPS) is 8.69. The molecule has 0 spiro atoms. The predicted octanol–water partition coefficient (Wildman–Crippen LogP) is 0.617. The first-order valence-corrected chi connectivity index (χ1v) is 3.89. The number of rotatable bonds is 1. The molecular weight excluding hydrogens is 164 g/mol. The Labute approximate surface area is 77.0 Å². The SMILES string of the molecule is Cc1ncccc1C#CCC(N)=O. The predicted molar refractivity (Wildman–Crippen MR) is 49.7 cm³/mol. The number of primary amides is 1. The highest BCUT2D eigenvalue weighted by atomic mass is 16.1. The van der Waals surface area contributed by atoms with Gasteiger partial charge in [-0.15, -0.1) is 0 Å². The maximum absolute atomic E-state index is 10.4. The third-order valence-corrected chi connectivity index (χ3v) is 1.49. The number of aryl methyl sites for hydroxylation is 1. The first-order chi connectivity index (χ1) is 6.20. The van der Waals surface area contributed by atoms with Crippen LogP contribution in [0.4, 0.5) is 0 Å². The fraction of sp³-hybridized carbons (Fsp3) is 0.200.